The maximum absolute atomic E-state index is 14.5. The number of nitrogens with one attached hydrogen (secondary N) is 2. The summed E-state index contributed by atoms with van der Waals surface area (Å²) in [5.41, 5.74) is 0.0736. The highest BCUT2D eigenvalue weighted by Gasteiger charge is 2.42. The molecule has 1 aromatic heterocycles. The highest BCUT2D eigenvalue weighted by atomic mass is 32.2. The van der Waals surface area contributed by atoms with Gasteiger partial charge in [-0.1, -0.05) is 13.3 Å². The van der Waals surface area contributed by atoms with Crippen LogP contribution in [-0.2, 0) is 9.84 Å². The Morgan fingerprint density at radius 1 is 1.23 bits per heavy atom. The summed E-state index contributed by atoms with van der Waals surface area (Å²) in [6, 6.07) is 5.89. The molecule has 0 radical (unpaired) electrons. The number of benzene rings is 1. The van der Waals surface area contributed by atoms with E-state index in [4.69, 9.17) is 5.41 Å². The van der Waals surface area contributed by atoms with Gasteiger partial charge in [0.25, 0.3) is 5.91 Å². The van der Waals surface area contributed by atoms with Crippen molar-refractivity contribution in [3.05, 3.63) is 59.4 Å². The highest BCUT2D eigenvalue weighted by Crippen LogP contribution is 2.35. The van der Waals surface area contributed by atoms with Crippen molar-refractivity contribution in [2.75, 3.05) is 5.32 Å². The van der Waals surface area contributed by atoms with Crippen molar-refractivity contribution in [2.45, 2.75) is 50.5 Å². The van der Waals surface area contributed by atoms with Crippen LogP contribution in [0.15, 0.2) is 36.5 Å². The van der Waals surface area contributed by atoms with Crippen LogP contribution in [0.3, 0.4) is 0 Å². The largest absolute Gasteiger partial charge is 0.321 e. The Bertz CT molecular complexity index is 1050. The molecule has 2 rings (SSSR count). The molecule has 0 saturated heterocycles. The van der Waals surface area contributed by atoms with E-state index < -0.39 is 37.4 Å². The Balaban J connectivity index is 2.34. The monoisotopic (exact) mass is 437 g/mol. The van der Waals surface area contributed by atoms with E-state index in [9.17, 15) is 22.0 Å². The summed E-state index contributed by atoms with van der Waals surface area (Å²) in [5, 5.41) is 9.40. The minimum atomic E-state index is -3.97. The van der Waals surface area contributed by atoms with Crippen LogP contribution >= 0.6 is 0 Å². The second-order valence-electron chi connectivity index (χ2n) is 7.48. The molecule has 162 valence electrons. The number of halogens is 2. The van der Waals surface area contributed by atoms with Gasteiger partial charge >= 0.3 is 0 Å². The van der Waals surface area contributed by atoms with Crippen LogP contribution in [0.4, 0.5) is 14.5 Å². The number of hydrogen-bond donors (Lipinski definition) is 2. The second kappa shape index (κ2) is 8.99. The van der Waals surface area contributed by atoms with Gasteiger partial charge in [0.05, 0.1) is 11.4 Å². The van der Waals surface area contributed by atoms with Gasteiger partial charge in [-0.05, 0) is 57.5 Å². The zero-order chi connectivity index (χ0) is 22.7. The molecule has 1 heterocycles. The molecule has 0 bridgehead atoms. The third kappa shape index (κ3) is 4.72. The van der Waals surface area contributed by atoms with E-state index in [0.29, 0.717) is 12.8 Å². The van der Waals surface area contributed by atoms with Crippen molar-refractivity contribution in [2.24, 2.45) is 0 Å². The number of pyridine rings is 1. The van der Waals surface area contributed by atoms with E-state index in [1.807, 2.05) is 6.92 Å². The third-order valence-corrected chi connectivity index (χ3v) is 7.91. The predicted octanol–water partition coefficient (Wildman–Crippen LogP) is 4.69. The predicted molar refractivity (Wildman–Crippen MR) is 113 cm³/mol. The number of rotatable bonds is 8. The molecule has 1 aromatic carbocycles. The Morgan fingerprint density at radius 3 is 2.47 bits per heavy atom. The summed E-state index contributed by atoms with van der Waals surface area (Å²) in [5.74, 6) is -1.97. The fourth-order valence-electron chi connectivity index (χ4n) is 2.97. The lowest BCUT2D eigenvalue weighted by molar-refractivity contribution is 0.102. The Kier molecular flexibility index (Phi) is 7.07. The topological polar surface area (TPSA) is 100.0 Å². The number of carbonyl (C=O) groups is 1. The average molecular weight is 438 g/mol. The van der Waals surface area contributed by atoms with Gasteiger partial charge in [-0.15, -0.1) is 0 Å². The van der Waals surface area contributed by atoms with Gasteiger partial charge in [0.15, 0.2) is 9.84 Å². The molecular weight excluding hydrogens is 412 g/mol. The zero-order valence-corrected chi connectivity index (χ0v) is 18.1. The Hall–Kier alpha value is -2.68. The van der Waals surface area contributed by atoms with E-state index in [1.54, 1.807) is 0 Å². The Labute approximate surface area is 175 Å². The second-order valence-corrected chi connectivity index (χ2v) is 10.3. The molecule has 2 aromatic rings. The van der Waals surface area contributed by atoms with Crippen molar-refractivity contribution >= 4 is 27.1 Å². The number of nitrogens with zero attached hydrogens (tertiary/aromatic N) is 1. The summed E-state index contributed by atoms with van der Waals surface area (Å²) < 4.78 is 52.3. The minimum absolute atomic E-state index is 0.0444. The zero-order valence-electron chi connectivity index (χ0n) is 17.3. The molecule has 1 amide bonds. The molecule has 0 spiro atoms. The van der Waals surface area contributed by atoms with Gasteiger partial charge in [0, 0.05) is 17.0 Å². The normalized spacial score (nSPS) is 13.0. The molecule has 6 nitrogen and oxygen atoms in total. The smallest absolute Gasteiger partial charge is 0.274 e. The van der Waals surface area contributed by atoms with E-state index in [-0.39, 0.29) is 22.7 Å². The van der Waals surface area contributed by atoms with Crippen LogP contribution in [0.5, 0.6) is 0 Å². The van der Waals surface area contributed by atoms with Gasteiger partial charge in [-0.3, -0.25) is 4.79 Å². The molecular formula is C21H25F2N3O3S. The van der Waals surface area contributed by atoms with Crippen molar-refractivity contribution in [1.82, 2.24) is 4.98 Å². The summed E-state index contributed by atoms with van der Waals surface area (Å²) >= 11 is 0. The highest BCUT2D eigenvalue weighted by molar-refractivity contribution is 7.93. The minimum Gasteiger partial charge on any atom is -0.321 e. The summed E-state index contributed by atoms with van der Waals surface area (Å²) in [6.07, 6.45) is 1.84. The molecule has 0 fully saturated rings. The first-order valence-electron chi connectivity index (χ1n) is 9.45. The summed E-state index contributed by atoms with van der Waals surface area (Å²) in [6.45, 7) is 6.10. The number of anilines is 1. The first-order chi connectivity index (χ1) is 13.9. The Morgan fingerprint density at radius 2 is 1.90 bits per heavy atom. The molecule has 1 atom stereocenters. The van der Waals surface area contributed by atoms with Gasteiger partial charge in [0.1, 0.15) is 22.1 Å². The number of hydrogen-bond acceptors (Lipinski definition) is 5. The van der Waals surface area contributed by atoms with E-state index >= 15 is 0 Å². The van der Waals surface area contributed by atoms with Gasteiger partial charge in [0.2, 0.25) is 0 Å². The fraction of sp³-hybridized carbons (Fsp3) is 0.381. The van der Waals surface area contributed by atoms with Crippen molar-refractivity contribution < 1.29 is 22.0 Å². The first kappa shape index (κ1) is 23.6. The van der Waals surface area contributed by atoms with Crippen LogP contribution in [0, 0.1) is 17.0 Å². The summed E-state index contributed by atoms with van der Waals surface area (Å²) in [4.78, 5) is 15.9. The molecule has 0 aliphatic heterocycles. The number of aromatic nitrogens is 1. The average Bonchev–Trinajstić information content (AvgIpc) is 2.69. The van der Waals surface area contributed by atoms with Crippen LogP contribution in [0.2, 0.25) is 0 Å². The van der Waals surface area contributed by atoms with Crippen LogP contribution in [-0.4, -0.2) is 29.8 Å². The molecule has 30 heavy (non-hydrogen) atoms. The molecule has 0 aliphatic rings. The maximum atomic E-state index is 14.5. The number of sulfone groups is 1. The van der Waals surface area contributed by atoms with Gasteiger partial charge in [-0.2, -0.15) is 0 Å². The third-order valence-electron chi connectivity index (χ3n) is 5.06. The lowest BCUT2D eigenvalue weighted by Crippen LogP contribution is -2.42. The summed E-state index contributed by atoms with van der Waals surface area (Å²) in [7, 11) is -3.97. The van der Waals surface area contributed by atoms with Crippen molar-refractivity contribution in [3.63, 3.8) is 0 Å². The molecule has 9 heteroatoms. The quantitative estimate of drug-likeness (QED) is 0.585. The lowest BCUT2D eigenvalue weighted by Gasteiger charge is -2.29. The lowest BCUT2D eigenvalue weighted by atomic mass is 10.0. The number of carbonyl (C=O) groups excluding carboxylic acids is 1. The van der Waals surface area contributed by atoms with E-state index in [2.05, 4.69) is 10.3 Å². The first-order valence-corrected chi connectivity index (χ1v) is 11.0. The molecule has 2 N–H and O–H groups in total. The van der Waals surface area contributed by atoms with Gasteiger partial charge < -0.3 is 10.7 Å². The van der Waals surface area contributed by atoms with Crippen LogP contribution < -0.4 is 5.32 Å². The SMILES string of the molecule is CCCC(=N)C(C)(C)S(=O)(=O)C(C)c1cc(NC(=O)c2ccc(F)cn2)ccc1F. The van der Waals surface area contributed by atoms with E-state index in [0.717, 1.165) is 18.3 Å². The fourth-order valence-corrected chi connectivity index (χ4v) is 4.81. The van der Waals surface area contributed by atoms with Crippen LogP contribution in [0.25, 0.3) is 0 Å². The van der Waals surface area contributed by atoms with Crippen LogP contribution in [0.1, 0.15) is 61.8 Å². The van der Waals surface area contributed by atoms with Gasteiger partial charge in [-0.25, -0.2) is 22.2 Å². The molecule has 0 saturated carbocycles. The maximum Gasteiger partial charge on any atom is 0.274 e. The molecule has 0 aliphatic carbocycles. The van der Waals surface area contributed by atoms with E-state index in [1.165, 1.54) is 39.0 Å². The van der Waals surface area contributed by atoms with Crippen molar-refractivity contribution in [3.8, 4) is 0 Å². The number of amides is 1. The standard InChI is InChI=1S/C21H25F2N3O3S/c1-5-6-19(24)21(3,4)30(28,29)13(2)16-11-15(8-9-17(16)23)26-20(27)18-10-7-14(22)12-25-18/h7-13,24H,5-6H2,1-4H3,(H,26,27). The van der Waals surface area contributed by atoms with Crippen molar-refractivity contribution in [1.29, 1.82) is 5.41 Å². The molecule has 1 unspecified atom stereocenters.